The maximum Gasteiger partial charge on any atom is 0.214 e. The molecule has 20 heavy (non-hydrogen) atoms. The lowest BCUT2D eigenvalue weighted by Gasteiger charge is -2.02. The molecule has 0 fully saturated rings. The van der Waals surface area contributed by atoms with Crippen LogP contribution < -0.4 is 5.32 Å². The van der Waals surface area contributed by atoms with E-state index >= 15 is 0 Å². The number of anilines is 1. The summed E-state index contributed by atoms with van der Waals surface area (Å²) in [5, 5.41) is 3.28. The van der Waals surface area contributed by atoms with Gasteiger partial charge in [-0.05, 0) is 19.1 Å². The summed E-state index contributed by atoms with van der Waals surface area (Å²) in [6.45, 7) is 2.65. The first-order valence-corrected chi connectivity index (χ1v) is 6.62. The molecule has 0 amide bonds. The summed E-state index contributed by atoms with van der Waals surface area (Å²) in [5.41, 5.74) is 3.34. The van der Waals surface area contributed by atoms with Crippen molar-refractivity contribution < 1.29 is 4.42 Å². The average molecular weight is 264 g/mol. The van der Waals surface area contributed by atoms with E-state index in [2.05, 4.69) is 29.4 Å². The fourth-order valence-electron chi connectivity index (χ4n) is 1.98. The number of nitrogens with one attached hydrogen (secondary N) is 1. The highest BCUT2D eigenvalue weighted by Gasteiger charge is 2.05. The number of para-hydroxylation sites is 1. The predicted octanol–water partition coefficient (Wildman–Crippen LogP) is 4.26. The van der Waals surface area contributed by atoms with Gasteiger partial charge in [-0.15, -0.1) is 0 Å². The van der Waals surface area contributed by atoms with E-state index in [1.165, 1.54) is 5.56 Å². The maximum atomic E-state index is 5.76. The Kier molecular flexibility index (Phi) is 3.50. The smallest absolute Gasteiger partial charge is 0.214 e. The molecule has 0 aliphatic heterocycles. The highest BCUT2D eigenvalue weighted by atomic mass is 16.4. The molecule has 3 rings (SSSR count). The van der Waals surface area contributed by atoms with Crippen molar-refractivity contribution in [2.75, 3.05) is 5.32 Å². The van der Waals surface area contributed by atoms with Crippen LogP contribution in [0.25, 0.3) is 11.3 Å². The number of nitrogens with zero attached hydrogens (tertiary/aromatic N) is 1. The van der Waals surface area contributed by atoms with Gasteiger partial charge in [0.2, 0.25) is 5.89 Å². The molecule has 100 valence electrons. The third kappa shape index (κ3) is 2.88. The van der Waals surface area contributed by atoms with Crippen LogP contribution in [0.15, 0.2) is 65.2 Å². The molecule has 1 N–H and O–H groups in total. The molecule has 0 radical (unpaired) electrons. The lowest BCUT2D eigenvalue weighted by Crippen LogP contribution is -1.98. The molecule has 0 saturated carbocycles. The van der Waals surface area contributed by atoms with E-state index < -0.39 is 0 Å². The molecule has 3 nitrogen and oxygen atoms in total. The van der Waals surface area contributed by atoms with Gasteiger partial charge in [0.1, 0.15) is 0 Å². The van der Waals surface area contributed by atoms with Gasteiger partial charge in [-0.3, -0.25) is 0 Å². The Morgan fingerprint density at radius 3 is 2.50 bits per heavy atom. The second kappa shape index (κ2) is 5.61. The molecule has 3 aromatic rings. The minimum absolute atomic E-state index is 0.579. The first-order chi connectivity index (χ1) is 9.81. The lowest BCUT2D eigenvalue weighted by atomic mass is 10.1. The maximum absolute atomic E-state index is 5.76. The standard InChI is InChI=1S/C17H16N2O/c1-13-7-9-14(10-8-13)16-11-19-17(20-16)12-18-15-5-3-2-4-6-15/h2-11,18H,12H2,1H3. The summed E-state index contributed by atoms with van der Waals surface area (Å²) in [7, 11) is 0. The molecule has 0 atom stereocenters. The number of hydrogen-bond acceptors (Lipinski definition) is 3. The SMILES string of the molecule is Cc1ccc(-c2cnc(CNc3ccccc3)o2)cc1. The lowest BCUT2D eigenvalue weighted by molar-refractivity contribution is 0.516. The van der Waals surface area contributed by atoms with Crippen LogP contribution in [0.1, 0.15) is 11.5 Å². The molecule has 0 aliphatic rings. The summed E-state index contributed by atoms with van der Waals surface area (Å²) in [6.07, 6.45) is 1.77. The summed E-state index contributed by atoms with van der Waals surface area (Å²) >= 11 is 0. The van der Waals surface area contributed by atoms with Gasteiger partial charge in [-0.1, -0.05) is 48.0 Å². The third-order valence-electron chi connectivity index (χ3n) is 3.11. The average Bonchev–Trinajstić information content (AvgIpc) is 2.96. The summed E-state index contributed by atoms with van der Waals surface area (Å²) < 4.78 is 5.76. The Bertz CT molecular complexity index is 672. The van der Waals surface area contributed by atoms with Crippen molar-refractivity contribution in [1.82, 2.24) is 4.98 Å². The highest BCUT2D eigenvalue weighted by Crippen LogP contribution is 2.21. The van der Waals surface area contributed by atoms with Crippen molar-refractivity contribution in [3.8, 4) is 11.3 Å². The monoisotopic (exact) mass is 264 g/mol. The van der Waals surface area contributed by atoms with Crippen LogP contribution in [0, 0.1) is 6.92 Å². The summed E-state index contributed by atoms with van der Waals surface area (Å²) in [6, 6.07) is 18.2. The fourth-order valence-corrected chi connectivity index (χ4v) is 1.98. The second-order valence-electron chi connectivity index (χ2n) is 4.70. The van der Waals surface area contributed by atoms with E-state index in [0.717, 1.165) is 17.0 Å². The Hall–Kier alpha value is -2.55. The van der Waals surface area contributed by atoms with Gasteiger partial charge in [0, 0.05) is 11.3 Å². The van der Waals surface area contributed by atoms with Gasteiger partial charge in [-0.25, -0.2) is 4.98 Å². The fraction of sp³-hybridized carbons (Fsp3) is 0.118. The number of benzene rings is 2. The first-order valence-electron chi connectivity index (χ1n) is 6.62. The largest absolute Gasteiger partial charge is 0.439 e. The number of oxazole rings is 1. The highest BCUT2D eigenvalue weighted by molar-refractivity contribution is 5.56. The van der Waals surface area contributed by atoms with Gasteiger partial charge >= 0.3 is 0 Å². The number of aryl methyl sites for hydroxylation is 1. The number of aromatic nitrogens is 1. The van der Waals surface area contributed by atoms with Crippen molar-refractivity contribution in [2.24, 2.45) is 0 Å². The van der Waals surface area contributed by atoms with Crippen molar-refractivity contribution in [1.29, 1.82) is 0 Å². The zero-order valence-corrected chi connectivity index (χ0v) is 11.3. The van der Waals surface area contributed by atoms with Gasteiger partial charge < -0.3 is 9.73 Å². The van der Waals surface area contributed by atoms with Crippen molar-refractivity contribution >= 4 is 5.69 Å². The Morgan fingerprint density at radius 2 is 1.75 bits per heavy atom. The molecule has 0 unspecified atom stereocenters. The second-order valence-corrected chi connectivity index (χ2v) is 4.70. The van der Waals surface area contributed by atoms with Crippen LogP contribution in [0.5, 0.6) is 0 Å². The van der Waals surface area contributed by atoms with E-state index in [1.54, 1.807) is 6.20 Å². The molecule has 0 saturated heterocycles. The summed E-state index contributed by atoms with van der Waals surface area (Å²) in [5.74, 6) is 1.49. The van der Waals surface area contributed by atoms with E-state index in [-0.39, 0.29) is 0 Å². The van der Waals surface area contributed by atoms with Crippen LogP contribution in [0.2, 0.25) is 0 Å². The van der Waals surface area contributed by atoms with Crippen LogP contribution >= 0.6 is 0 Å². The molecular formula is C17H16N2O. The molecule has 0 spiro atoms. The number of rotatable bonds is 4. The van der Waals surface area contributed by atoms with Crippen molar-refractivity contribution in [2.45, 2.75) is 13.5 Å². The molecule has 2 aromatic carbocycles. The molecule has 0 bridgehead atoms. The third-order valence-corrected chi connectivity index (χ3v) is 3.11. The minimum Gasteiger partial charge on any atom is -0.439 e. The Morgan fingerprint density at radius 1 is 1.00 bits per heavy atom. The topological polar surface area (TPSA) is 38.1 Å². The van der Waals surface area contributed by atoms with Gasteiger partial charge in [0.25, 0.3) is 0 Å². The molecular weight excluding hydrogens is 248 g/mol. The van der Waals surface area contributed by atoms with Crippen molar-refractivity contribution in [3.05, 3.63) is 72.2 Å². The van der Waals surface area contributed by atoms with Gasteiger partial charge in [-0.2, -0.15) is 0 Å². The first kappa shape index (κ1) is 12.5. The predicted molar refractivity (Wildman–Crippen MR) is 80.4 cm³/mol. The van der Waals surface area contributed by atoms with E-state index in [1.807, 2.05) is 42.5 Å². The molecule has 0 aliphatic carbocycles. The molecule has 1 aromatic heterocycles. The van der Waals surface area contributed by atoms with E-state index in [9.17, 15) is 0 Å². The number of hydrogen-bond donors (Lipinski definition) is 1. The molecule has 1 heterocycles. The van der Waals surface area contributed by atoms with Gasteiger partial charge in [0.05, 0.1) is 12.7 Å². The zero-order chi connectivity index (χ0) is 13.8. The summed E-state index contributed by atoms with van der Waals surface area (Å²) in [4.78, 5) is 4.30. The Labute approximate surface area is 118 Å². The normalized spacial score (nSPS) is 10.4. The van der Waals surface area contributed by atoms with Crippen LogP contribution in [-0.2, 0) is 6.54 Å². The van der Waals surface area contributed by atoms with Crippen LogP contribution in [0.4, 0.5) is 5.69 Å². The minimum atomic E-state index is 0.579. The van der Waals surface area contributed by atoms with Crippen LogP contribution in [-0.4, -0.2) is 4.98 Å². The molecule has 3 heteroatoms. The Balaban J connectivity index is 1.69. The van der Waals surface area contributed by atoms with E-state index in [0.29, 0.717) is 12.4 Å². The van der Waals surface area contributed by atoms with Gasteiger partial charge in [0.15, 0.2) is 5.76 Å². The quantitative estimate of drug-likeness (QED) is 0.765. The van der Waals surface area contributed by atoms with Crippen LogP contribution in [0.3, 0.4) is 0 Å². The zero-order valence-electron chi connectivity index (χ0n) is 11.3. The van der Waals surface area contributed by atoms with E-state index in [4.69, 9.17) is 4.42 Å². The van der Waals surface area contributed by atoms with Crippen molar-refractivity contribution in [3.63, 3.8) is 0 Å².